The van der Waals surface area contributed by atoms with E-state index in [-0.39, 0.29) is 18.6 Å². The number of fused-ring (bicyclic) bond motifs is 3. The lowest BCUT2D eigenvalue weighted by atomic mass is 10.1. The zero-order valence-electron chi connectivity index (χ0n) is 13.6. The number of halogens is 2. The van der Waals surface area contributed by atoms with Gasteiger partial charge in [0.15, 0.2) is 0 Å². The zero-order valence-corrected chi connectivity index (χ0v) is 15.9. The molecule has 0 unspecified atom stereocenters. The van der Waals surface area contributed by atoms with Crippen LogP contribution in [-0.4, -0.2) is 22.3 Å². The van der Waals surface area contributed by atoms with Gasteiger partial charge in [-0.1, -0.05) is 29.3 Å². The molecule has 10 heteroatoms. The molecule has 136 valence electrons. The van der Waals surface area contributed by atoms with Gasteiger partial charge in [0.2, 0.25) is 5.56 Å². The maximum atomic E-state index is 12.7. The van der Waals surface area contributed by atoms with Crippen LogP contribution in [0.25, 0.3) is 10.9 Å². The molecule has 0 atom stereocenters. The largest absolute Gasteiger partial charge is 0.358 e. The SMILES string of the molecule is Cn1c(CN2Cc3cc(Cl)c4c(Cl)c[nH]c4c3NS2(=O)=O)cccc1=O. The Balaban J connectivity index is 1.80. The van der Waals surface area contributed by atoms with E-state index in [2.05, 4.69) is 9.71 Å². The van der Waals surface area contributed by atoms with Crippen LogP contribution in [0.3, 0.4) is 0 Å². The lowest BCUT2D eigenvalue weighted by Gasteiger charge is -2.30. The van der Waals surface area contributed by atoms with Crippen LogP contribution in [0.1, 0.15) is 11.3 Å². The Morgan fingerprint density at radius 3 is 2.77 bits per heavy atom. The predicted octanol–water partition coefficient (Wildman–Crippen LogP) is 2.85. The van der Waals surface area contributed by atoms with Gasteiger partial charge in [0.05, 0.1) is 27.8 Å². The minimum absolute atomic E-state index is 0.0580. The van der Waals surface area contributed by atoms with E-state index >= 15 is 0 Å². The van der Waals surface area contributed by atoms with E-state index in [1.165, 1.54) is 14.9 Å². The van der Waals surface area contributed by atoms with Crippen molar-refractivity contribution < 1.29 is 8.42 Å². The van der Waals surface area contributed by atoms with Crippen LogP contribution in [0.5, 0.6) is 0 Å². The van der Waals surface area contributed by atoms with Gasteiger partial charge in [0.25, 0.3) is 0 Å². The molecule has 2 aromatic heterocycles. The summed E-state index contributed by atoms with van der Waals surface area (Å²) in [6, 6.07) is 6.45. The number of aromatic nitrogens is 2. The second kappa shape index (κ2) is 6.02. The van der Waals surface area contributed by atoms with Gasteiger partial charge in [-0.2, -0.15) is 12.7 Å². The van der Waals surface area contributed by atoms with E-state index in [9.17, 15) is 13.2 Å². The van der Waals surface area contributed by atoms with Gasteiger partial charge in [-0.05, 0) is 17.7 Å². The highest BCUT2D eigenvalue weighted by Gasteiger charge is 2.32. The van der Waals surface area contributed by atoms with Crippen molar-refractivity contribution in [1.82, 2.24) is 13.9 Å². The Bertz CT molecular complexity index is 1200. The van der Waals surface area contributed by atoms with Crippen molar-refractivity contribution in [1.29, 1.82) is 0 Å². The monoisotopic (exact) mass is 412 g/mol. The first kappa shape index (κ1) is 17.4. The first-order valence-electron chi connectivity index (χ1n) is 7.68. The molecule has 2 N–H and O–H groups in total. The third kappa shape index (κ3) is 2.69. The third-order valence-electron chi connectivity index (χ3n) is 4.49. The molecule has 0 fully saturated rings. The van der Waals surface area contributed by atoms with Gasteiger partial charge < -0.3 is 9.55 Å². The number of nitrogens with one attached hydrogen (secondary N) is 2. The van der Waals surface area contributed by atoms with Crippen molar-refractivity contribution in [3.8, 4) is 0 Å². The van der Waals surface area contributed by atoms with Crippen molar-refractivity contribution in [2.24, 2.45) is 7.05 Å². The topological polar surface area (TPSA) is 87.2 Å². The summed E-state index contributed by atoms with van der Waals surface area (Å²) in [7, 11) is -2.19. The Morgan fingerprint density at radius 2 is 2.00 bits per heavy atom. The number of rotatable bonds is 2. The first-order valence-corrected chi connectivity index (χ1v) is 9.88. The zero-order chi connectivity index (χ0) is 18.6. The highest BCUT2D eigenvalue weighted by atomic mass is 35.5. The van der Waals surface area contributed by atoms with Crippen LogP contribution in [0.2, 0.25) is 10.0 Å². The molecule has 0 spiro atoms. The van der Waals surface area contributed by atoms with Crippen LogP contribution in [-0.2, 0) is 30.3 Å². The van der Waals surface area contributed by atoms with E-state index in [1.807, 2.05) is 0 Å². The molecule has 0 saturated heterocycles. The van der Waals surface area contributed by atoms with Gasteiger partial charge in [-0.25, -0.2) is 0 Å². The summed E-state index contributed by atoms with van der Waals surface area (Å²) >= 11 is 12.4. The van der Waals surface area contributed by atoms with Crippen LogP contribution >= 0.6 is 23.2 Å². The van der Waals surface area contributed by atoms with Crippen molar-refractivity contribution in [3.63, 3.8) is 0 Å². The maximum Gasteiger partial charge on any atom is 0.302 e. The molecule has 0 saturated carbocycles. The minimum Gasteiger partial charge on any atom is -0.358 e. The third-order valence-corrected chi connectivity index (χ3v) is 6.48. The van der Waals surface area contributed by atoms with Crippen LogP contribution < -0.4 is 10.3 Å². The summed E-state index contributed by atoms with van der Waals surface area (Å²) in [5.74, 6) is 0. The maximum absolute atomic E-state index is 12.7. The predicted molar refractivity (Wildman–Crippen MR) is 102 cm³/mol. The van der Waals surface area contributed by atoms with E-state index < -0.39 is 10.2 Å². The summed E-state index contributed by atoms with van der Waals surface area (Å²) in [4.78, 5) is 14.7. The Morgan fingerprint density at radius 1 is 1.23 bits per heavy atom. The van der Waals surface area contributed by atoms with Crippen molar-refractivity contribution >= 4 is 50.0 Å². The van der Waals surface area contributed by atoms with E-state index in [0.29, 0.717) is 32.3 Å². The minimum atomic E-state index is -3.80. The molecule has 1 aliphatic heterocycles. The molecule has 3 heterocycles. The molecular weight excluding hydrogens is 399 g/mol. The quantitative estimate of drug-likeness (QED) is 0.678. The Labute approximate surface area is 159 Å². The molecule has 0 radical (unpaired) electrons. The molecule has 0 bridgehead atoms. The van der Waals surface area contributed by atoms with Gasteiger partial charge in [-0.3, -0.25) is 9.52 Å². The summed E-state index contributed by atoms with van der Waals surface area (Å²) < 4.78 is 30.7. The number of hydrogen-bond acceptors (Lipinski definition) is 3. The fourth-order valence-corrected chi connectivity index (χ4v) is 4.94. The highest BCUT2D eigenvalue weighted by molar-refractivity contribution is 7.90. The number of benzene rings is 1. The fraction of sp³-hybridized carbons (Fsp3) is 0.188. The lowest BCUT2D eigenvalue weighted by molar-refractivity contribution is 0.390. The molecule has 1 aromatic carbocycles. The summed E-state index contributed by atoms with van der Waals surface area (Å²) in [5.41, 5.74) is 2.09. The van der Waals surface area contributed by atoms with Gasteiger partial charge >= 0.3 is 10.2 Å². The second-order valence-electron chi connectivity index (χ2n) is 6.07. The molecule has 1 aliphatic rings. The van der Waals surface area contributed by atoms with Crippen molar-refractivity contribution in [2.75, 3.05) is 4.72 Å². The normalized spacial score (nSPS) is 16.4. The van der Waals surface area contributed by atoms with Crippen LogP contribution in [0.15, 0.2) is 35.3 Å². The van der Waals surface area contributed by atoms with Crippen molar-refractivity contribution in [3.05, 3.63) is 62.1 Å². The Kier molecular flexibility index (Phi) is 4.03. The lowest BCUT2D eigenvalue weighted by Crippen LogP contribution is -2.40. The second-order valence-corrected chi connectivity index (χ2v) is 8.55. The average Bonchev–Trinajstić information content (AvgIpc) is 2.96. The number of hydrogen-bond donors (Lipinski definition) is 2. The van der Waals surface area contributed by atoms with E-state index in [0.717, 1.165) is 5.56 Å². The van der Waals surface area contributed by atoms with E-state index in [4.69, 9.17) is 23.2 Å². The number of aromatic amines is 1. The molecule has 3 aromatic rings. The van der Waals surface area contributed by atoms with Gasteiger partial charge in [0.1, 0.15) is 0 Å². The van der Waals surface area contributed by atoms with Crippen LogP contribution in [0, 0.1) is 0 Å². The smallest absolute Gasteiger partial charge is 0.302 e. The summed E-state index contributed by atoms with van der Waals surface area (Å²) in [5, 5.41) is 1.44. The molecule has 7 nitrogen and oxygen atoms in total. The van der Waals surface area contributed by atoms with Crippen molar-refractivity contribution in [2.45, 2.75) is 13.1 Å². The van der Waals surface area contributed by atoms with Gasteiger partial charge in [-0.15, -0.1) is 0 Å². The highest BCUT2D eigenvalue weighted by Crippen LogP contribution is 2.40. The average molecular weight is 413 g/mol. The molecule has 0 amide bonds. The molecule has 4 rings (SSSR count). The standard InChI is InChI=1S/C16H14Cl2N4O3S/c1-21-10(3-2-4-13(21)23)8-22-7-9-5-11(17)14-12(18)6-19-16(14)15(9)20-26(22,24)25/h2-6,19-20H,7-8H2,1H3. The Hall–Kier alpha value is -2.00. The molecule has 0 aliphatic carbocycles. The summed E-state index contributed by atoms with van der Waals surface area (Å²) in [6.07, 6.45) is 1.57. The first-order chi connectivity index (χ1) is 12.3. The molecular formula is C16H14Cl2N4O3S. The fourth-order valence-electron chi connectivity index (χ4n) is 3.08. The van der Waals surface area contributed by atoms with Gasteiger partial charge in [0, 0.05) is 36.9 Å². The summed E-state index contributed by atoms with van der Waals surface area (Å²) in [6.45, 7) is 0.183. The number of pyridine rings is 1. The number of anilines is 1. The van der Waals surface area contributed by atoms with E-state index in [1.54, 1.807) is 31.4 Å². The van der Waals surface area contributed by atoms with Crippen LogP contribution in [0.4, 0.5) is 5.69 Å². The number of H-pyrrole nitrogens is 1. The molecule has 26 heavy (non-hydrogen) atoms. The number of nitrogens with zero attached hydrogens (tertiary/aromatic N) is 2.